The van der Waals surface area contributed by atoms with Crippen LogP contribution in [0.1, 0.15) is 24.5 Å². The summed E-state index contributed by atoms with van der Waals surface area (Å²) in [5.74, 6) is -3.01. The van der Waals surface area contributed by atoms with Crippen LogP contribution in [0.4, 0.5) is 0 Å². The van der Waals surface area contributed by atoms with E-state index in [1.54, 1.807) is 0 Å². The fourth-order valence-corrected chi connectivity index (χ4v) is 1.65. The highest BCUT2D eigenvalue weighted by Crippen LogP contribution is 2.14. The van der Waals surface area contributed by atoms with E-state index in [-0.39, 0.29) is 12.8 Å². The van der Waals surface area contributed by atoms with E-state index in [4.69, 9.17) is 10.2 Å². The molecule has 0 saturated carbocycles. The van der Waals surface area contributed by atoms with Gasteiger partial charge in [0.25, 0.3) is 0 Å². The molecule has 1 atom stereocenters. The second kappa shape index (κ2) is 6.03. The number of carboxylic acids is 2. The van der Waals surface area contributed by atoms with Crippen molar-refractivity contribution < 1.29 is 19.8 Å². The molecule has 1 aromatic carbocycles. The zero-order valence-electron chi connectivity index (χ0n) is 9.72. The topological polar surface area (TPSA) is 74.6 Å². The van der Waals surface area contributed by atoms with Gasteiger partial charge in [-0.3, -0.25) is 9.59 Å². The third-order valence-corrected chi connectivity index (χ3v) is 2.68. The van der Waals surface area contributed by atoms with Gasteiger partial charge in [0.2, 0.25) is 0 Å². The molecule has 0 aliphatic rings. The van der Waals surface area contributed by atoms with E-state index in [2.05, 4.69) is 0 Å². The van der Waals surface area contributed by atoms with E-state index < -0.39 is 17.9 Å². The molecule has 0 saturated heterocycles. The van der Waals surface area contributed by atoms with Crippen molar-refractivity contribution in [3.63, 3.8) is 0 Å². The second-order valence-electron chi connectivity index (χ2n) is 4.01. The fourth-order valence-electron chi connectivity index (χ4n) is 1.65. The van der Waals surface area contributed by atoms with E-state index in [0.29, 0.717) is 0 Å². The summed E-state index contributed by atoms with van der Waals surface area (Å²) in [6.45, 7) is 2.04. The van der Waals surface area contributed by atoms with Gasteiger partial charge >= 0.3 is 11.9 Å². The summed E-state index contributed by atoms with van der Waals surface area (Å²) in [7, 11) is 0. The molecule has 2 N–H and O–H groups in total. The van der Waals surface area contributed by atoms with Crippen molar-refractivity contribution >= 4 is 11.9 Å². The van der Waals surface area contributed by atoms with Crippen molar-refractivity contribution in [2.24, 2.45) is 5.92 Å². The zero-order valence-corrected chi connectivity index (χ0v) is 9.72. The molecular weight excluding hydrogens is 220 g/mol. The average molecular weight is 236 g/mol. The molecule has 4 heteroatoms. The van der Waals surface area contributed by atoms with Crippen LogP contribution in [0, 0.1) is 5.92 Å². The highest BCUT2D eigenvalue weighted by atomic mass is 16.4. The van der Waals surface area contributed by atoms with Gasteiger partial charge in [-0.2, -0.15) is 0 Å². The number of carbonyl (C=O) groups is 2. The smallest absolute Gasteiger partial charge is 0.307 e. The highest BCUT2D eigenvalue weighted by Gasteiger charge is 2.21. The molecule has 1 rings (SSSR count). The van der Waals surface area contributed by atoms with Gasteiger partial charge in [0, 0.05) is 0 Å². The standard InChI is InChI=1S/C13H16O4/c1-2-9-3-5-10(6-4-9)7-11(13(16)17)8-12(14)15/h3-6,11H,2,7-8H2,1H3,(H,14,15)(H,16,17). The lowest BCUT2D eigenvalue weighted by Crippen LogP contribution is -2.20. The van der Waals surface area contributed by atoms with Crippen LogP contribution in [-0.4, -0.2) is 22.2 Å². The van der Waals surface area contributed by atoms with Crippen LogP contribution in [0.2, 0.25) is 0 Å². The summed E-state index contributed by atoms with van der Waals surface area (Å²) in [4.78, 5) is 21.4. The summed E-state index contributed by atoms with van der Waals surface area (Å²) in [6, 6.07) is 7.59. The van der Waals surface area contributed by atoms with Crippen LogP contribution < -0.4 is 0 Å². The lowest BCUT2D eigenvalue weighted by atomic mass is 9.95. The molecule has 4 nitrogen and oxygen atoms in total. The van der Waals surface area contributed by atoms with Crippen molar-refractivity contribution in [1.82, 2.24) is 0 Å². The molecule has 0 aliphatic carbocycles. The number of hydrogen-bond acceptors (Lipinski definition) is 2. The molecule has 1 aromatic rings. The summed E-state index contributed by atoms with van der Waals surface area (Å²) in [5.41, 5.74) is 2.04. The van der Waals surface area contributed by atoms with Gasteiger partial charge in [0.05, 0.1) is 12.3 Å². The predicted molar refractivity (Wildman–Crippen MR) is 62.9 cm³/mol. The SMILES string of the molecule is CCc1ccc(CC(CC(=O)O)C(=O)O)cc1. The van der Waals surface area contributed by atoms with Crippen LogP contribution in [-0.2, 0) is 22.4 Å². The molecule has 1 unspecified atom stereocenters. The Balaban J connectivity index is 2.71. The molecule has 17 heavy (non-hydrogen) atoms. The minimum atomic E-state index is -1.08. The fraction of sp³-hybridized carbons (Fsp3) is 0.385. The average Bonchev–Trinajstić information content (AvgIpc) is 2.28. The van der Waals surface area contributed by atoms with E-state index in [0.717, 1.165) is 12.0 Å². The Labute approximate surface area is 99.9 Å². The van der Waals surface area contributed by atoms with Gasteiger partial charge in [0.1, 0.15) is 0 Å². The third-order valence-electron chi connectivity index (χ3n) is 2.68. The molecule has 0 aliphatic heterocycles. The first-order valence-electron chi connectivity index (χ1n) is 5.55. The number of aryl methyl sites for hydroxylation is 1. The van der Waals surface area contributed by atoms with Gasteiger partial charge < -0.3 is 10.2 Å². The molecular formula is C13H16O4. The number of hydrogen-bond donors (Lipinski definition) is 2. The first kappa shape index (κ1) is 13.2. The quantitative estimate of drug-likeness (QED) is 0.791. The van der Waals surface area contributed by atoms with E-state index in [1.807, 2.05) is 31.2 Å². The van der Waals surface area contributed by atoms with Gasteiger partial charge in [-0.1, -0.05) is 31.2 Å². The summed E-state index contributed by atoms with van der Waals surface area (Å²) < 4.78 is 0. The predicted octanol–water partition coefficient (Wildman–Crippen LogP) is 1.97. The summed E-state index contributed by atoms with van der Waals surface area (Å²) >= 11 is 0. The Kier molecular flexibility index (Phi) is 4.69. The maximum Gasteiger partial charge on any atom is 0.307 e. The third kappa shape index (κ3) is 4.26. The Morgan fingerprint density at radius 3 is 2.06 bits per heavy atom. The van der Waals surface area contributed by atoms with Gasteiger partial charge in [-0.25, -0.2) is 0 Å². The summed E-state index contributed by atoms with van der Waals surface area (Å²) in [5, 5.41) is 17.6. The Bertz CT molecular complexity index is 394. The lowest BCUT2D eigenvalue weighted by molar-refractivity contribution is -0.148. The number of benzene rings is 1. The first-order valence-corrected chi connectivity index (χ1v) is 5.55. The van der Waals surface area contributed by atoms with E-state index >= 15 is 0 Å². The Morgan fingerprint density at radius 2 is 1.65 bits per heavy atom. The van der Waals surface area contributed by atoms with Crippen LogP contribution in [0.25, 0.3) is 0 Å². The molecule has 0 spiro atoms. The summed E-state index contributed by atoms with van der Waals surface area (Å²) in [6.07, 6.45) is 0.842. The maximum atomic E-state index is 10.9. The van der Waals surface area contributed by atoms with Gasteiger partial charge in [-0.05, 0) is 24.0 Å². The van der Waals surface area contributed by atoms with Crippen molar-refractivity contribution in [3.8, 4) is 0 Å². The normalized spacial score (nSPS) is 12.1. The van der Waals surface area contributed by atoms with Gasteiger partial charge in [0.15, 0.2) is 0 Å². The monoisotopic (exact) mass is 236 g/mol. The van der Waals surface area contributed by atoms with Crippen molar-refractivity contribution in [2.75, 3.05) is 0 Å². The molecule has 0 fully saturated rings. The van der Waals surface area contributed by atoms with Crippen LogP contribution in [0.5, 0.6) is 0 Å². The van der Waals surface area contributed by atoms with Crippen molar-refractivity contribution in [2.45, 2.75) is 26.2 Å². The van der Waals surface area contributed by atoms with Crippen LogP contribution in [0.15, 0.2) is 24.3 Å². The van der Waals surface area contributed by atoms with Crippen LogP contribution in [0.3, 0.4) is 0 Å². The van der Waals surface area contributed by atoms with Crippen molar-refractivity contribution in [1.29, 1.82) is 0 Å². The Morgan fingerprint density at radius 1 is 1.12 bits per heavy atom. The van der Waals surface area contributed by atoms with Crippen LogP contribution >= 0.6 is 0 Å². The molecule has 0 heterocycles. The van der Waals surface area contributed by atoms with Crippen molar-refractivity contribution in [3.05, 3.63) is 35.4 Å². The zero-order chi connectivity index (χ0) is 12.8. The lowest BCUT2D eigenvalue weighted by Gasteiger charge is -2.10. The number of rotatable bonds is 6. The molecule has 0 bridgehead atoms. The largest absolute Gasteiger partial charge is 0.481 e. The van der Waals surface area contributed by atoms with E-state index in [9.17, 15) is 9.59 Å². The second-order valence-corrected chi connectivity index (χ2v) is 4.01. The Hall–Kier alpha value is -1.84. The minimum Gasteiger partial charge on any atom is -0.481 e. The maximum absolute atomic E-state index is 10.9. The molecule has 0 amide bonds. The highest BCUT2D eigenvalue weighted by molar-refractivity contribution is 5.78. The van der Waals surface area contributed by atoms with Gasteiger partial charge in [-0.15, -0.1) is 0 Å². The van der Waals surface area contributed by atoms with E-state index in [1.165, 1.54) is 5.56 Å². The number of carboxylic acid groups (broad SMARTS) is 2. The molecule has 92 valence electrons. The number of aliphatic carboxylic acids is 2. The first-order chi connectivity index (χ1) is 8.02. The molecule has 0 radical (unpaired) electrons. The minimum absolute atomic E-state index is 0.256. The molecule has 0 aromatic heterocycles.